The number of nitrogens with two attached hydrogens (primary N) is 1. The van der Waals surface area contributed by atoms with Crippen molar-refractivity contribution in [2.24, 2.45) is 11.7 Å². The van der Waals surface area contributed by atoms with E-state index in [1.165, 1.54) is 13.2 Å². The highest BCUT2D eigenvalue weighted by atomic mass is 16.5. The van der Waals surface area contributed by atoms with Crippen LogP contribution in [-0.4, -0.2) is 25.1 Å². The number of carbonyl (C=O) groups excluding carboxylic acids is 2. The fourth-order valence-corrected chi connectivity index (χ4v) is 1.80. The van der Waals surface area contributed by atoms with Gasteiger partial charge in [-0.15, -0.1) is 0 Å². The van der Waals surface area contributed by atoms with Gasteiger partial charge in [0.15, 0.2) is 0 Å². The zero-order valence-corrected chi connectivity index (χ0v) is 12.0. The average molecular weight is 283 g/mol. The van der Waals surface area contributed by atoms with Crippen LogP contribution >= 0.6 is 0 Å². The monoisotopic (exact) mass is 283 g/mol. The molecule has 1 amide bonds. The summed E-state index contributed by atoms with van der Waals surface area (Å²) < 4.78 is 15.5. The van der Waals surface area contributed by atoms with Crippen molar-refractivity contribution in [2.75, 3.05) is 7.11 Å². The molecule has 0 saturated carbocycles. The van der Waals surface area contributed by atoms with Crippen LogP contribution in [0.15, 0.2) is 16.5 Å². The molecule has 0 bridgehead atoms. The molecular weight excluding hydrogens is 262 g/mol. The Balaban J connectivity index is 2.61. The van der Waals surface area contributed by atoms with Crippen molar-refractivity contribution in [1.29, 1.82) is 0 Å². The first kappa shape index (κ1) is 16.2. The van der Waals surface area contributed by atoms with E-state index in [1.54, 1.807) is 13.0 Å². The lowest BCUT2D eigenvalue weighted by molar-refractivity contribution is -0.127. The van der Waals surface area contributed by atoms with Crippen LogP contribution in [0, 0.1) is 5.92 Å². The first-order valence-electron chi connectivity index (χ1n) is 6.57. The molecule has 20 heavy (non-hydrogen) atoms. The van der Waals surface area contributed by atoms with Crippen LogP contribution in [0.4, 0.5) is 0 Å². The topological polar surface area (TPSA) is 91.8 Å². The fourth-order valence-electron chi connectivity index (χ4n) is 1.80. The van der Waals surface area contributed by atoms with Crippen LogP contribution < -0.4 is 5.73 Å². The van der Waals surface area contributed by atoms with Gasteiger partial charge < -0.3 is 19.6 Å². The SMILES string of the molecule is CCCC(OCc1ccc(C(=O)OC)o1)C(C)C(N)=O. The minimum Gasteiger partial charge on any atom is -0.463 e. The lowest BCUT2D eigenvalue weighted by Crippen LogP contribution is -2.33. The van der Waals surface area contributed by atoms with E-state index in [-0.39, 0.29) is 24.4 Å². The molecule has 0 spiro atoms. The maximum absolute atomic E-state index is 11.2. The number of primary amides is 1. The van der Waals surface area contributed by atoms with Gasteiger partial charge in [0.1, 0.15) is 12.4 Å². The van der Waals surface area contributed by atoms with Gasteiger partial charge in [-0.1, -0.05) is 20.3 Å². The molecule has 1 aromatic heterocycles. The Hall–Kier alpha value is -1.82. The highest BCUT2D eigenvalue weighted by Gasteiger charge is 2.22. The first-order chi connectivity index (χ1) is 9.49. The number of hydrogen-bond acceptors (Lipinski definition) is 5. The quantitative estimate of drug-likeness (QED) is 0.735. The molecule has 0 aliphatic heterocycles. The summed E-state index contributed by atoms with van der Waals surface area (Å²) in [6.45, 7) is 3.93. The minimum absolute atomic E-state index is 0.126. The van der Waals surface area contributed by atoms with E-state index >= 15 is 0 Å². The summed E-state index contributed by atoms with van der Waals surface area (Å²) in [5, 5.41) is 0. The van der Waals surface area contributed by atoms with Gasteiger partial charge >= 0.3 is 5.97 Å². The predicted octanol–water partition coefficient (Wildman–Crippen LogP) is 1.87. The van der Waals surface area contributed by atoms with Crippen LogP contribution in [0.3, 0.4) is 0 Å². The number of ether oxygens (including phenoxy) is 2. The zero-order valence-electron chi connectivity index (χ0n) is 12.0. The van der Waals surface area contributed by atoms with Crippen LogP contribution in [-0.2, 0) is 20.9 Å². The molecule has 0 aliphatic rings. The number of rotatable bonds is 8. The van der Waals surface area contributed by atoms with Crippen molar-refractivity contribution >= 4 is 11.9 Å². The van der Waals surface area contributed by atoms with Crippen molar-refractivity contribution in [3.05, 3.63) is 23.7 Å². The first-order valence-corrected chi connectivity index (χ1v) is 6.57. The number of furan rings is 1. The van der Waals surface area contributed by atoms with E-state index in [4.69, 9.17) is 14.9 Å². The van der Waals surface area contributed by atoms with Crippen LogP contribution in [0.5, 0.6) is 0 Å². The van der Waals surface area contributed by atoms with Crippen LogP contribution in [0.25, 0.3) is 0 Å². The van der Waals surface area contributed by atoms with E-state index in [1.807, 2.05) is 6.92 Å². The Morgan fingerprint density at radius 1 is 1.40 bits per heavy atom. The van der Waals surface area contributed by atoms with Crippen molar-refractivity contribution in [3.8, 4) is 0 Å². The Labute approximate surface area is 118 Å². The summed E-state index contributed by atoms with van der Waals surface area (Å²) in [6, 6.07) is 3.17. The second kappa shape index (κ2) is 7.69. The molecule has 6 nitrogen and oxygen atoms in total. The van der Waals surface area contributed by atoms with Gasteiger partial charge in [0.05, 0.1) is 19.1 Å². The summed E-state index contributed by atoms with van der Waals surface area (Å²) >= 11 is 0. The molecule has 0 fully saturated rings. The zero-order chi connectivity index (χ0) is 15.1. The summed E-state index contributed by atoms with van der Waals surface area (Å²) in [5.41, 5.74) is 5.29. The normalized spacial score (nSPS) is 13.8. The van der Waals surface area contributed by atoms with E-state index in [0.717, 1.165) is 12.8 Å². The third-order valence-electron chi connectivity index (χ3n) is 3.07. The number of carbonyl (C=O) groups is 2. The van der Waals surface area contributed by atoms with Gasteiger partial charge in [0.2, 0.25) is 11.7 Å². The van der Waals surface area contributed by atoms with Gasteiger partial charge in [-0.05, 0) is 18.6 Å². The van der Waals surface area contributed by atoms with Gasteiger partial charge in [-0.2, -0.15) is 0 Å². The van der Waals surface area contributed by atoms with Crippen molar-refractivity contribution in [3.63, 3.8) is 0 Å². The number of amides is 1. The van der Waals surface area contributed by atoms with Crippen LogP contribution in [0.1, 0.15) is 43.0 Å². The fraction of sp³-hybridized carbons (Fsp3) is 0.571. The maximum atomic E-state index is 11.2. The van der Waals surface area contributed by atoms with Crippen molar-refractivity contribution < 1.29 is 23.5 Å². The Bertz CT molecular complexity index is 454. The van der Waals surface area contributed by atoms with E-state index < -0.39 is 11.9 Å². The lowest BCUT2D eigenvalue weighted by Gasteiger charge is -2.21. The van der Waals surface area contributed by atoms with E-state index in [2.05, 4.69) is 4.74 Å². The smallest absolute Gasteiger partial charge is 0.373 e. The maximum Gasteiger partial charge on any atom is 0.373 e. The molecule has 0 radical (unpaired) electrons. The molecule has 1 rings (SSSR count). The molecule has 6 heteroatoms. The van der Waals surface area contributed by atoms with Gasteiger partial charge in [0.25, 0.3) is 0 Å². The number of methoxy groups -OCH3 is 1. The minimum atomic E-state index is -0.535. The predicted molar refractivity (Wildman–Crippen MR) is 71.9 cm³/mol. The average Bonchev–Trinajstić information content (AvgIpc) is 2.90. The van der Waals surface area contributed by atoms with Gasteiger partial charge in [-0.25, -0.2) is 4.79 Å². The Morgan fingerprint density at radius 3 is 2.65 bits per heavy atom. The highest BCUT2D eigenvalue weighted by molar-refractivity contribution is 5.86. The molecule has 0 aromatic carbocycles. The molecule has 0 saturated heterocycles. The molecule has 2 atom stereocenters. The second-order valence-corrected chi connectivity index (χ2v) is 4.59. The van der Waals surface area contributed by atoms with Crippen LogP contribution in [0.2, 0.25) is 0 Å². The third kappa shape index (κ3) is 4.38. The summed E-state index contributed by atoms with van der Waals surface area (Å²) in [4.78, 5) is 22.5. The van der Waals surface area contributed by atoms with Crippen molar-refractivity contribution in [1.82, 2.24) is 0 Å². The molecule has 1 aromatic rings. The Morgan fingerprint density at radius 2 is 2.10 bits per heavy atom. The second-order valence-electron chi connectivity index (χ2n) is 4.59. The van der Waals surface area contributed by atoms with E-state index in [9.17, 15) is 9.59 Å². The lowest BCUT2D eigenvalue weighted by atomic mass is 10.00. The molecule has 2 unspecified atom stereocenters. The summed E-state index contributed by atoms with van der Waals surface area (Å²) in [7, 11) is 1.28. The molecular formula is C14H21NO5. The largest absolute Gasteiger partial charge is 0.463 e. The molecule has 2 N–H and O–H groups in total. The standard InChI is InChI=1S/C14H21NO5/c1-4-5-11(9(2)13(15)16)19-8-10-6-7-12(20-10)14(17)18-3/h6-7,9,11H,4-5,8H2,1-3H3,(H2,15,16). The molecule has 112 valence electrons. The summed E-state index contributed by atoms with van der Waals surface area (Å²) in [5.74, 6) is -0.667. The molecule has 0 aliphatic carbocycles. The summed E-state index contributed by atoms with van der Waals surface area (Å²) in [6.07, 6.45) is 1.35. The highest BCUT2D eigenvalue weighted by Crippen LogP contribution is 2.17. The van der Waals surface area contributed by atoms with Gasteiger partial charge in [-0.3, -0.25) is 4.79 Å². The molecule has 1 heterocycles. The van der Waals surface area contributed by atoms with E-state index in [0.29, 0.717) is 5.76 Å². The number of hydrogen-bond donors (Lipinski definition) is 1. The number of esters is 1. The van der Waals surface area contributed by atoms with Crippen molar-refractivity contribution in [2.45, 2.75) is 39.4 Å². The Kier molecular flexibility index (Phi) is 6.24. The van der Waals surface area contributed by atoms with Gasteiger partial charge in [0, 0.05) is 0 Å². The third-order valence-corrected chi connectivity index (χ3v) is 3.07.